The Hall–Kier alpha value is -0.153. The van der Waals surface area contributed by atoms with Crippen molar-refractivity contribution in [2.75, 3.05) is 0 Å². The van der Waals surface area contributed by atoms with E-state index in [1.165, 1.54) is 12.8 Å². The summed E-state index contributed by atoms with van der Waals surface area (Å²) >= 11 is 0. The van der Waals surface area contributed by atoms with Gasteiger partial charge in [-0.1, -0.05) is 34.1 Å². The van der Waals surface area contributed by atoms with E-state index < -0.39 is 8.32 Å². The van der Waals surface area contributed by atoms with Gasteiger partial charge in [-0.25, -0.2) is 0 Å². The molecule has 3 heteroatoms. The zero-order valence-corrected chi connectivity index (χ0v) is 15.2. The number of hydrogen-bond donors (Lipinski definition) is 0. The van der Waals surface area contributed by atoms with Crippen LogP contribution in [0.4, 0.5) is 0 Å². The van der Waals surface area contributed by atoms with Crippen molar-refractivity contribution >= 4 is 14.1 Å². The Kier molecular flexibility index (Phi) is 4.51. The predicted octanol–water partition coefficient (Wildman–Crippen LogP) is 4.79. The molecule has 0 unspecified atom stereocenters. The van der Waals surface area contributed by atoms with Crippen molar-refractivity contribution < 1.29 is 9.22 Å². The van der Waals surface area contributed by atoms with Gasteiger partial charge in [0.25, 0.3) is 0 Å². The number of carbonyl (C=O) groups excluding carboxylic acids is 1. The minimum Gasteiger partial charge on any atom is -0.414 e. The van der Waals surface area contributed by atoms with Crippen LogP contribution in [-0.4, -0.2) is 20.2 Å². The molecule has 0 bridgehead atoms. The van der Waals surface area contributed by atoms with E-state index in [0.29, 0.717) is 29.6 Å². The Labute approximate surface area is 125 Å². The molecule has 4 atom stereocenters. The van der Waals surface area contributed by atoms with Crippen LogP contribution in [0, 0.1) is 17.8 Å². The van der Waals surface area contributed by atoms with Crippen molar-refractivity contribution in [1.29, 1.82) is 0 Å². The lowest BCUT2D eigenvalue weighted by molar-refractivity contribution is -0.119. The average Bonchev–Trinajstić information content (AvgIpc) is 2.56. The molecule has 2 saturated carbocycles. The average molecular weight is 297 g/mol. The zero-order chi connectivity index (χ0) is 15.1. The molecule has 0 spiro atoms. The zero-order valence-electron chi connectivity index (χ0n) is 14.2. The van der Waals surface area contributed by atoms with Crippen LogP contribution < -0.4 is 0 Å². The molecule has 2 fully saturated rings. The highest BCUT2D eigenvalue weighted by atomic mass is 28.4. The molecule has 0 radical (unpaired) electrons. The van der Waals surface area contributed by atoms with E-state index in [4.69, 9.17) is 4.43 Å². The van der Waals surface area contributed by atoms with Crippen LogP contribution in [0.15, 0.2) is 0 Å². The molecule has 2 aliphatic rings. The van der Waals surface area contributed by atoms with Gasteiger partial charge in [0.2, 0.25) is 0 Å². The minimum absolute atomic E-state index is 0.253. The first-order chi connectivity index (χ1) is 9.12. The maximum Gasteiger partial charge on any atom is 0.192 e. The van der Waals surface area contributed by atoms with E-state index >= 15 is 0 Å². The van der Waals surface area contributed by atoms with Gasteiger partial charge in [-0.05, 0) is 48.7 Å². The molecule has 0 aromatic rings. The van der Waals surface area contributed by atoms with Gasteiger partial charge < -0.3 is 4.43 Å². The van der Waals surface area contributed by atoms with Crippen LogP contribution in [0.25, 0.3) is 0 Å². The van der Waals surface area contributed by atoms with E-state index in [1.54, 1.807) is 0 Å². The van der Waals surface area contributed by atoms with E-state index in [0.717, 1.165) is 19.3 Å². The SMILES string of the molecule is C[C@@H]1CC[C@@H]2[C@@H]1CC(=O)CC[C@H]2O[Si](C)(C)C(C)(C)C. The maximum atomic E-state index is 12.0. The van der Waals surface area contributed by atoms with Crippen molar-refractivity contribution in [2.45, 2.75) is 84.0 Å². The third-order valence-electron chi connectivity index (χ3n) is 6.14. The number of rotatable bonds is 2. The minimum atomic E-state index is -1.73. The second-order valence-corrected chi connectivity index (χ2v) is 13.3. The number of carbonyl (C=O) groups is 1. The molecule has 0 aromatic carbocycles. The van der Waals surface area contributed by atoms with Crippen LogP contribution in [0.1, 0.15) is 59.8 Å². The molecule has 116 valence electrons. The summed E-state index contributed by atoms with van der Waals surface area (Å²) in [5.41, 5.74) is 0. The fraction of sp³-hybridized carbons (Fsp3) is 0.941. The number of ketones is 1. The summed E-state index contributed by atoms with van der Waals surface area (Å²) in [6.07, 6.45) is 5.37. The summed E-state index contributed by atoms with van der Waals surface area (Å²) in [7, 11) is -1.73. The second kappa shape index (κ2) is 5.56. The summed E-state index contributed by atoms with van der Waals surface area (Å²) in [5, 5.41) is 0.253. The van der Waals surface area contributed by atoms with E-state index in [-0.39, 0.29) is 5.04 Å². The van der Waals surface area contributed by atoms with E-state index in [1.807, 2.05) is 0 Å². The van der Waals surface area contributed by atoms with Crippen molar-refractivity contribution in [3.8, 4) is 0 Å². The van der Waals surface area contributed by atoms with Gasteiger partial charge in [-0.15, -0.1) is 0 Å². The second-order valence-electron chi connectivity index (χ2n) is 8.58. The molecule has 0 aliphatic heterocycles. The molecule has 20 heavy (non-hydrogen) atoms. The Balaban J connectivity index is 2.16. The smallest absolute Gasteiger partial charge is 0.192 e. The Bertz CT molecular complexity index is 370. The van der Waals surface area contributed by atoms with Gasteiger partial charge in [0.1, 0.15) is 5.78 Å². The third-order valence-corrected chi connectivity index (χ3v) is 10.6. The lowest BCUT2D eigenvalue weighted by Crippen LogP contribution is -2.46. The Morgan fingerprint density at radius 2 is 1.75 bits per heavy atom. The highest BCUT2D eigenvalue weighted by Gasteiger charge is 2.46. The maximum absolute atomic E-state index is 12.0. The van der Waals surface area contributed by atoms with Crippen molar-refractivity contribution in [2.24, 2.45) is 17.8 Å². The van der Waals surface area contributed by atoms with E-state index in [2.05, 4.69) is 40.8 Å². The Morgan fingerprint density at radius 1 is 1.10 bits per heavy atom. The van der Waals surface area contributed by atoms with E-state index in [9.17, 15) is 4.79 Å². The largest absolute Gasteiger partial charge is 0.414 e. The molecular formula is C17H32O2Si. The van der Waals surface area contributed by atoms with Crippen LogP contribution >= 0.6 is 0 Å². The lowest BCUT2D eigenvalue weighted by atomic mass is 9.85. The first-order valence-corrected chi connectivity index (χ1v) is 11.2. The summed E-state index contributed by atoms with van der Waals surface area (Å²) in [5.74, 6) is 2.38. The van der Waals surface area contributed by atoms with Gasteiger partial charge in [0, 0.05) is 18.9 Å². The van der Waals surface area contributed by atoms with Crippen LogP contribution in [0.5, 0.6) is 0 Å². The number of fused-ring (bicyclic) bond motifs is 1. The predicted molar refractivity (Wildman–Crippen MR) is 86.3 cm³/mol. The molecule has 0 aromatic heterocycles. The normalized spacial score (nSPS) is 35.8. The molecule has 0 heterocycles. The summed E-state index contributed by atoms with van der Waals surface area (Å²) in [4.78, 5) is 12.0. The first-order valence-electron chi connectivity index (χ1n) is 8.31. The van der Waals surface area contributed by atoms with Gasteiger partial charge >= 0.3 is 0 Å². The molecule has 0 amide bonds. The van der Waals surface area contributed by atoms with Crippen molar-refractivity contribution in [1.82, 2.24) is 0 Å². The molecule has 0 saturated heterocycles. The van der Waals surface area contributed by atoms with Gasteiger partial charge in [0.05, 0.1) is 0 Å². The molecule has 2 aliphatic carbocycles. The third kappa shape index (κ3) is 3.19. The summed E-state index contributed by atoms with van der Waals surface area (Å²) in [6, 6.07) is 0. The topological polar surface area (TPSA) is 26.3 Å². The molecular weight excluding hydrogens is 264 g/mol. The first kappa shape index (κ1) is 16.2. The summed E-state index contributed by atoms with van der Waals surface area (Å²) in [6.45, 7) is 13.9. The van der Waals surface area contributed by atoms with Crippen LogP contribution in [0.3, 0.4) is 0 Å². The highest BCUT2D eigenvalue weighted by Crippen LogP contribution is 2.47. The van der Waals surface area contributed by atoms with Gasteiger partial charge in [-0.3, -0.25) is 4.79 Å². The summed E-state index contributed by atoms with van der Waals surface area (Å²) < 4.78 is 6.72. The van der Waals surface area contributed by atoms with Gasteiger partial charge in [0.15, 0.2) is 8.32 Å². The van der Waals surface area contributed by atoms with Crippen LogP contribution in [0.2, 0.25) is 18.1 Å². The molecule has 2 rings (SSSR count). The van der Waals surface area contributed by atoms with Crippen LogP contribution in [-0.2, 0) is 9.22 Å². The number of Topliss-reactive ketones (excluding diaryl/α,β-unsaturated/α-hetero) is 1. The fourth-order valence-corrected chi connectivity index (χ4v) is 5.11. The quantitative estimate of drug-likeness (QED) is 0.685. The number of hydrogen-bond acceptors (Lipinski definition) is 2. The van der Waals surface area contributed by atoms with Gasteiger partial charge in [-0.2, -0.15) is 0 Å². The monoisotopic (exact) mass is 296 g/mol. The van der Waals surface area contributed by atoms with Crippen molar-refractivity contribution in [3.05, 3.63) is 0 Å². The van der Waals surface area contributed by atoms with Crippen molar-refractivity contribution in [3.63, 3.8) is 0 Å². The fourth-order valence-electron chi connectivity index (χ4n) is 3.70. The highest BCUT2D eigenvalue weighted by molar-refractivity contribution is 6.74. The lowest BCUT2D eigenvalue weighted by Gasteiger charge is -2.41. The standard InChI is InChI=1S/C17H32O2Si/c1-12-7-9-14-15(12)11-13(18)8-10-16(14)19-20(5,6)17(2,3)4/h12,14-16H,7-11H2,1-6H3/t12-,14-,15-,16-/m1/s1. The molecule has 0 N–H and O–H groups in total. The Morgan fingerprint density at radius 3 is 2.35 bits per heavy atom. The molecule has 2 nitrogen and oxygen atoms in total.